The second-order valence-corrected chi connectivity index (χ2v) is 5.00. The molecular formula is C15H20N2O. The van der Waals surface area contributed by atoms with Gasteiger partial charge in [0.05, 0.1) is 6.04 Å². The lowest BCUT2D eigenvalue weighted by atomic mass is 10.2. The molecule has 96 valence electrons. The summed E-state index contributed by atoms with van der Waals surface area (Å²) in [4.78, 5) is 2.50. The number of furan rings is 1. The predicted octanol–water partition coefficient (Wildman–Crippen LogP) is 2.79. The first-order valence-electron chi connectivity index (χ1n) is 6.78. The van der Waals surface area contributed by atoms with Crippen molar-refractivity contribution in [3.8, 4) is 0 Å². The molecule has 2 heterocycles. The van der Waals surface area contributed by atoms with Gasteiger partial charge in [0, 0.05) is 25.0 Å². The summed E-state index contributed by atoms with van der Waals surface area (Å²) in [5.74, 6) is 1.08. The zero-order valence-electron chi connectivity index (χ0n) is 10.9. The third-order valence-electron chi connectivity index (χ3n) is 3.78. The predicted molar refractivity (Wildman–Crippen MR) is 73.7 cm³/mol. The average molecular weight is 244 g/mol. The highest BCUT2D eigenvalue weighted by molar-refractivity contribution is 5.77. The molecule has 1 unspecified atom stereocenters. The highest BCUT2D eigenvalue weighted by Crippen LogP contribution is 2.27. The van der Waals surface area contributed by atoms with E-state index in [-0.39, 0.29) is 0 Å². The quantitative estimate of drug-likeness (QED) is 0.880. The van der Waals surface area contributed by atoms with E-state index in [0.717, 1.165) is 37.5 Å². The van der Waals surface area contributed by atoms with Crippen molar-refractivity contribution in [3.05, 3.63) is 36.1 Å². The third-order valence-corrected chi connectivity index (χ3v) is 3.78. The Kier molecular flexibility index (Phi) is 3.35. The van der Waals surface area contributed by atoms with Gasteiger partial charge in [-0.3, -0.25) is 4.90 Å². The van der Waals surface area contributed by atoms with Crippen molar-refractivity contribution in [1.29, 1.82) is 0 Å². The number of hydrogen-bond donors (Lipinski definition) is 1. The van der Waals surface area contributed by atoms with Crippen LogP contribution >= 0.6 is 0 Å². The summed E-state index contributed by atoms with van der Waals surface area (Å²) in [5, 5.41) is 4.64. The smallest absolute Gasteiger partial charge is 0.134 e. The van der Waals surface area contributed by atoms with Gasteiger partial charge in [-0.15, -0.1) is 0 Å². The van der Waals surface area contributed by atoms with Gasteiger partial charge in [-0.25, -0.2) is 0 Å². The molecule has 3 rings (SSSR count). The number of para-hydroxylation sites is 1. The molecule has 18 heavy (non-hydrogen) atoms. The minimum atomic E-state index is 0.359. The maximum atomic E-state index is 5.96. The summed E-state index contributed by atoms with van der Waals surface area (Å²) in [6.07, 6.45) is 1.21. The maximum Gasteiger partial charge on any atom is 0.134 e. The van der Waals surface area contributed by atoms with Crippen LogP contribution in [-0.4, -0.2) is 31.1 Å². The summed E-state index contributed by atoms with van der Waals surface area (Å²) in [5.41, 5.74) is 0.993. The van der Waals surface area contributed by atoms with Gasteiger partial charge in [0.2, 0.25) is 0 Å². The number of hydrogen-bond acceptors (Lipinski definition) is 3. The van der Waals surface area contributed by atoms with Crippen LogP contribution in [0, 0.1) is 0 Å². The summed E-state index contributed by atoms with van der Waals surface area (Å²) in [6, 6.07) is 10.8. The van der Waals surface area contributed by atoms with E-state index >= 15 is 0 Å². The SMILES string of the molecule is CC(c1cc2ccccc2o1)N1CCCNCC1. The Bertz CT molecular complexity index is 479. The molecule has 0 amide bonds. The molecule has 2 aromatic rings. The highest BCUT2D eigenvalue weighted by atomic mass is 16.3. The first-order valence-corrected chi connectivity index (χ1v) is 6.78. The zero-order valence-corrected chi connectivity index (χ0v) is 10.9. The van der Waals surface area contributed by atoms with E-state index in [2.05, 4.69) is 35.3 Å². The number of rotatable bonds is 2. The fourth-order valence-corrected chi connectivity index (χ4v) is 2.64. The lowest BCUT2D eigenvalue weighted by molar-refractivity contribution is 0.203. The molecule has 1 saturated heterocycles. The molecule has 3 nitrogen and oxygen atoms in total. The van der Waals surface area contributed by atoms with Crippen LogP contribution < -0.4 is 5.32 Å². The van der Waals surface area contributed by atoms with Gasteiger partial charge in [-0.1, -0.05) is 18.2 Å². The Morgan fingerprint density at radius 1 is 1.22 bits per heavy atom. The first-order chi connectivity index (χ1) is 8.84. The van der Waals surface area contributed by atoms with Gasteiger partial charge in [0.15, 0.2) is 0 Å². The van der Waals surface area contributed by atoms with E-state index in [9.17, 15) is 0 Å². The van der Waals surface area contributed by atoms with Crippen LogP contribution in [-0.2, 0) is 0 Å². The molecule has 1 atom stereocenters. The molecule has 0 spiro atoms. The van der Waals surface area contributed by atoms with Crippen LogP contribution in [0.3, 0.4) is 0 Å². The van der Waals surface area contributed by atoms with Crippen molar-refractivity contribution in [3.63, 3.8) is 0 Å². The molecular weight excluding hydrogens is 224 g/mol. The maximum absolute atomic E-state index is 5.96. The Labute approximate surface area is 108 Å². The fourth-order valence-electron chi connectivity index (χ4n) is 2.64. The van der Waals surface area contributed by atoms with Gasteiger partial charge in [-0.05, 0) is 32.0 Å². The topological polar surface area (TPSA) is 28.4 Å². The van der Waals surface area contributed by atoms with Crippen LogP contribution in [0.1, 0.15) is 25.1 Å². The molecule has 0 bridgehead atoms. The largest absolute Gasteiger partial charge is 0.459 e. The molecule has 1 N–H and O–H groups in total. The van der Waals surface area contributed by atoms with Gasteiger partial charge < -0.3 is 9.73 Å². The van der Waals surface area contributed by atoms with E-state index in [4.69, 9.17) is 4.42 Å². The lowest BCUT2D eigenvalue weighted by Gasteiger charge is -2.25. The second kappa shape index (κ2) is 5.12. The van der Waals surface area contributed by atoms with Crippen LogP contribution in [0.4, 0.5) is 0 Å². The fraction of sp³-hybridized carbons (Fsp3) is 0.467. The Morgan fingerprint density at radius 3 is 3.00 bits per heavy atom. The normalized spacial score (nSPS) is 19.8. The molecule has 0 saturated carbocycles. The number of nitrogens with one attached hydrogen (secondary N) is 1. The first kappa shape index (κ1) is 11.8. The van der Waals surface area contributed by atoms with E-state index in [1.54, 1.807) is 0 Å². The molecule has 1 fully saturated rings. The van der Waals surface area contributed by atoms with Crippen molar-refractivity contribution in [1.82, 2.24) is 10.2 Å². The Morgan fingerprint density at radius 2 is 2.11 bits per heavy atom. The third kappa shape index (κ3) is 2.28. The molecule has 1 aliphatic rings. The van der Waals surface area contributed by atoms with Crippen molar-refractivity contribution in [2.45, 2.75) is 19.4 Å². The standard InChI is InChI=1S/C15H20N2O/c1-12(17-9-4-7-16-8-10-17)15-11-13-5-2-3-6-14(13)18-15/h2-3,5-6,11-12,16H,4,7-10H2,1H3. The summed E-state index contributed by atoms with van der Waals surface area (Å²) in [7, 11) is 0. The number of fused-ring (bicyclic) bond motifs is 1. The summed E-state index contributed by atoms with van der Waals surface area (Å²) in [6.45, 7) is 6.68. The summed E-state index contributed by atoms with van der Waals surface area (Å²) >= 11 is 0. The molecule has 3 heteroatoms. The molecule has 1 aromatic carbocycles. The van der Waals surface area contributed by atoms with E-state index < -0.39 is 0 Å². The van der Waals surface area contributed by atoms with Crippen LogP contribution in [0.15, 0.2) is 34.7 Å². The lowest BCUT2D eigenvalue weighted by Crippen LogP contribution is -2.30. The van der Waals surface area contributed by atoms with E-state index in [1.165, 1.54) is 11.8 Å². The van der Waals surface area contributed by atoms with E-state index in [0.29, 0.717) is 6.04 Å². The highest BCUT2D eigenvalue weighted by Gasteiger charge is 2.20. The van der Waals surface area contributed by atoms with E-state index in [1.807, 2.05) is 12.1 Å². The Balaban J connectivity index is 1.83. The molecule has 0 radical (unpaired) electrons. The van der Waals surface area contributed by atoms with Crippen LogP contribution in [0.5, 0.6) is 0 Å². The minimum absolute atomic E-state index is 0.359. The van der Waals surface area contributed by atoms with Gasteiger partial charge in [-0.2, -0.15) is 0 Å². The second-order valence-electron chi connectivity index (χ2n) is 5.00. The Hall–Kier alpha value is -1.32. The monoisotopic (exact) mass is 244 g/mol. The molecule has 1 aliphatic heterocycles. The van der Waals surface area contributed by atoms with Crippen molar-refractivity contribution < 1.29 is 4.42 Å². The van der Waals surface area contributed by atoms with Crippen molar-refractivity contribution in [2.24, 2.45) is 0 Å². The van der Waals surface area contributed by atoms with Crippen LogP contribution in [0.2, 0.25) is 0 Å². The van der Waals surface area contributed by atoms with Gasteiger partial charge in [0.25, 0.3) is 0 Å². The number of nitrogens with zero attached hydrogens (tertiary/aromatic N) is 1. The summed E-state index contributed by atoms with van der Waals surface area (Å²) < 4.78 is 5.96. The van der Waals surface area contributed by atoms with Gasteiger partial charge >= 0.3 is 0 Å². The van der Waals surface area contributed by atoms with Crippen molar-refractivity contribution >= 4 is 11.0 Å². The average Bonchev–Trinajstić information content (AvgIpc) is 2.64. The number of benzene rings is 1. The zero-order chi connectivity index (χ0) is 12.4. The minimum Gasteiger partial charge on any atom is -0.459 e. The molecule has 1 aromatic heterocycles. The van der Waals surface area contributed by atoms with Crippen molar-refractivity contribution in [2.75, 3.05) is 26.2 Å². The van der Waals surface area contributed by atoms with Crippen LogP contribution in [0.25, 0.3) is 11.0 Å². The van der Waals surface area contributed by atoms with Gasteiger partial charge in [0.1, 0.15) is 11.3 Å². The molecule has 0 aliphatic carbocycles.